The number of tetrazole rings is 1. The van der Waals surface area contributed by atoms with E-state index >= 15 is 0 Å². The average molecular weight is 337 g/mol. The molecule has 1 amide bonds. The monoisotopic (exact) mass is 337 g/mol. The molecule has 0 saturated heterocycles. The third-order valence-corrected chi connectivity index (χ3v) is 3.64. The summed E-state index contributed by atoms with van der Waals surface area (Å²) in [6, 6.07) is 11.6. The largest absolute Gasteiger partial charge is 0.351 e. The van der Waals surface area contributed by atoms with Crippen LogP contribution in [-0.2, 0) is 17.9 Å². The van der Waals surface area contributed by atoms with Crippen LogP contribution in [0, 0.1) is 0 Å². The lowest BCUT2D eigenvalue weighted by Gasteiger charge is -2.16. The van der Waals surface area contributed by atoms with Gasteiger partial charge >= 0.3 is 0 Å². The number of aromatic nitrogens is 5. The number of likely N-dealkylation sites (N-methyl/N-ethyl adjacent to an activating group) is 1. The smallest absolute Gasteiger partial charge is 0.234 e. The van der Waals surface area contributed by atoms with Gasteiger partial charge in [-0.1, -0.05) is 18.2 Å². The molecule has 0 aliphatic heterocycles. The third-order valence-electron chi connectivity index (χ3n) is 3.64. The summed E-state index contributed by atoms with van der Waals surface area (Å²) in [6.45, 7) is 1.48. The maximum absolute atomic E-state index is 12.1. The van der Waals surface area contributed by atoms with Crippen LogP contribution in [0.2, 0.25) is 0 Å². The second kappa shape index (κ2) is 8.11. The second-order valence-corrected chi connectivity index (χ2v) is 5.74. The Labute approximate surface area is 145 Å². The number of benzene rings is 1. The number of hydrogen-bond donors (Lipinski definition) is 2. The lowest BCUT2D eigenvalue weighted by Crippen LogP contribution is -2.34. The van der Waals surface area contributed by atoms with E-state index in [9.17, 15) is 4.79 Å². The van der Waals surface area contributed by atoms with Crippen LogP contribution in [0.15, 0.2) is 48.8 Å². The number of aromatic amines is 1. The highest BCUT2D eigenvalue weighted by Crippen LogP contribution is 2.14. The van der Waals surface area contributed by atoms with Crippen molar-refractivity contribution in [3.8, 4) is 11.4 Å². The zero-order valence-electron chi connectivity index (χ0n) is 13.9. The van der Waals surface area contributed by atoms with Crippen LogP contribution < -0.4 is 5.32 Å². The van der Waals surface area contributed by atoms with Gasteiger partial charge in [0.1, 0.15) is 0 Å². The zero-order valence-corrected chi connectivity index (χ0v) is 13.9. The summed E-state index contributed by atoms with van der Waals surface area (Å²) in [4.78, 5) is 18.1. The number of amides is 1. The Morgan fingerprint density at radius 3 is 2.80 bits per heavy atom. The van der Waals surface area contributed by atoms with Gasteiger partial charge in [-0.25, -0.2) is 0 Å². The van der Waals surface area contributed by atoms with Crippen molar-refractivity contribution >= 4 is 5.91 Å². The molecular formula is C17H19N7O. The minimum Gasteiger partial charge on any atom is -0.351 e. The highest BCUT2D eigenvalue weighted by Gasteiger charge is 2.08. The van der Waals surface area contributed by atoms with Crippen LogP contribution in [0.5, 0.6) is 0 Å². The molecule has 0 atom stereocenters. The number of H-pyrrole nitrogens is 1. The van der Waals surface area contributed by atoms with Crippen molar-refractivity contribution in [2.45, 2.75) is 13.1 Å². The van der Waals surface area contributed by atoms with Gasteiger partial charge in [0.15, 0.2) is 0 Å². The normalized spacial score (nSPS) is 10.8. The summed E-state index contributed by atoms with van der Waals surface area (Å²) < 4.78 is 0. The summed E-state index contributed by atoms with van der Waals surface area (Å²) in [6.07, 6.45) is 3.50. The van der Waals surface area contributed by atoms with E-state index in [-0.39, 0.29) is 5.91 Å². The molecule has 0 saturated carbocycles. The van der Waals surface area contributed by atoms with Gasteiger partial charge in [-0.15, -0.1) is 10.2 Å². The van der Waals surface area contributed by atoms with Gasteiger partial charge in [0, 0.05) is 31.0 Å². The van der Waals surface area contributed by atoms with E-state index in [0.717, 1.165) is 16.7 Å². The second-order valence-electron chi connectivity index (χ2n) is 5.74. The lowest BCUT2D eigenvalue weighted by molar-refractivity contribution is -0.122. The van der Waals surface area contributed by atoms with Gasteiger partial charge in [-0.2, -0.15) is 5.21 Å². The number of rotatable bonds is 7. The van der Waals surface area contributed by atoms with Crippen LogP contribution in [0.3, 0.4) is 0 Å². The number of hydrogen-bond acceptors (Lipinski definition) is 6. The molecule has 2 aromatic heterocycles. The molecule has 0 fully saturated rings. The quantitative estimate of drug-likeness (QED) is 0.667. The topological polar surface area (TPSA) is 99.7 Å². The Balaban J connectivity index is 1.50. The molecule has 2 heterocycles. The van der Waals surface area contributed by atoms with E-state index in [0.29, 0.717) is 25.5 Å². The Kier molecular flexibility index (Phi) is 5.43. The predicted octanol–water partition coefficient (Wildman–Crippen LogP) is 1.01. The number of carbonyl (C=O) groups is 1. The predicted molar refractivity (Wildman–Crippen MR) is 92.0 cm³/mol. The van der Waals surface area contributed by atoms with Gasteiger partial charge < -0.3 is 5.32 Å². The van der Waals surface area contributed by atoms with Crippen LogP contribution in [0.25, 0.3) is 11.4 Å². The molecule has 3 aromatic rings. The van der Waals surface area contributed by atoms with Gasteiger partial charge in [-0.3, -0.25) is 14.7 Å². The van der Waals surface area contributed by atoms with Gasteiger partial charge in [0.25, 0.3) is 0 Å². The first-order valence-electron chi connectivity index (χ1n) is 7.87. The first-order valence-corrected chi connectivity index (χ1v) is 7.87. The third kappa shape index (κ3) is 4.92. The van der Waals surface area contributed by atoms with E-state index in [1.54, 1.807) is 12.4 Å². The van der Waals surface area contributed by atoms with E-state index < -0.39 is 0 Å². The van der Waals surface area contributed by atoms with Gasteiger partial charge in [0.2, 0.25) is 11.7 Å². The molecule has 1 aromatic carbocycles. The van der Waals surface area contributed by atoms with E-state index in [4.69, 9.17) is 0 Å². The summed E-state index contributed by atoms with van der Waals surface area (Å²) in [5.41, 5.74) is 2.96. The van der Waals surface area contributed by atoms with E-state index in [2.05, 4.69) is 30.9 Å². The van der Waals surface area contributed by atoms with E-state index in [1.807, 2.05) is 48.3 Å². The Morgan fingerprint density at radius 1 is 1.20 bits per heavy atom. The Morgan fingerprint density at radius 2 is 2.04 bits per heavy atom. The summed E-state index contributed by atoms with van der Waals surface area (Å²) in [5, 5.41) is 16.8. The summed E-state index contributed by atoms with van der Waals surface area (Å²) in [7, 11) is 1.91. The Hall–Kier alpha value is -3.13. The van der Waals surface area contributed by atoms with Crippen LogP contribution in [-0.4, -0.2) is 50.0 Å². The summed E-state index contributed by atoms with van der Waals surface area (Å²) in [5.74, 6) is 0.506. The number of carbonyl (C=O) groups excluding carboxylic acids is 1. The molecule has 8 heteroatoms. The van der Waals surface area contributed by atoms with Crippen molar-refractivity contribution in [3.05, 3.63) is 59.9 Å². The maximum atomic E-state index is 12.1. The highest BCUT2D eigenvalue weighted by atomic mass is 16.2. The molecule has 8 nitrogen and oxygen atoms in total. The first kappa shape index (κ1) is 16.7. The fraction of sp³-hybridized carbons (Fsp3) is 0.235. The summed E-state index contributed by atoms with van der Waals surface area (Å²) >= 11 is 0. The number of pyridine rings is 1. The fourth-order valence-electron chi connectivity index (χ4n) is 2.46. The van der Waals surface area contributed by atoms with Crippen molar-refractivity contribution < 1.29 is 4.79 Å². The molecule has 0 aliphatic rings. The molecular weight excluding hydrogens is 318 g/mol. The first-order chi connectivity index (χ1) is 12.2. The van der Waals surface area contributed by atoms with Crippen LogP contribution in [0.1, 0.15) is 11.1 Å². The molecule has 128 valence electrons. The zero-order chi connectivity index (χ0) is 17.5. The standard InChI is InChI=1S/C17H19N7O/c1-24(11-13-5-7-18-8-6-13)12-16(25)19-10-14-3-2-4-15(9-14)17-20-22-23-21-17/h2-9H,10-12H2,1H3,(H,19,25)(H,20,21,22,23). The molecule has 2 N–H and O–H groups in total. The van der Waals surface area contributed by atoms with Gasteiger partial charge in [0.05, 0.1) is 6.54 Å². The van der Waals surface area contributed by atoms with Crippen LogP contribution in [0.4, 0.5) is 0 Å². The van der Waals surface area contributed by atoms with Crippen LogP contribution >= 0.6 is 0 Å². The lowest BCUT2D eigenvalue weighted by atomic mass is 10.1. The highest BCUT2D eigenvalue weighted by molar-refractivity contribution is 5.78. The van der Waals surface area contributed by atoms with E-state index in [1.165, 1.54) is 0 Å². The van der Waals surface area contributed by atoms with Crippen molar-refractivity contribution in [2.24, 2.45) is 0 Å². The average Bonchev–Trinajstić information content (AvgIpc) is 3.16. The molecule has 0 spiro atoms. The van der Waals surface area contributed by atoms with Gasteiger partial charge in [-0.05, 0) is 41.6 Å². The number of nitrogens with one attached hydrogen (secondary N) is 2. The minimum absolute atomic E-state index is 0.0264. The molecule has 0 bridgehead atoms. The minimum atomic E-state index is -0.0264. The van der Waals surface area contributed by atoms with Crippen molar-refractivity contribution in [1.29, 1.82) is 0 Å². The molecule has 0 aliphatic carbocycles. The molecule has 25 heavy (non-hydrogen) atoms. The molecule has 3 rings (SSSR count). The van der Waals surface area contributed by atoms with Crippen molar-refractivity contribution in [1.82, 2.24) is 35.8 Å². The SMILES string of the molecule is CN(CC(=O)NCc1cccc(-c2nn[nH]n2)c1)Cc1ccncc1. The molecule has 0 radical (unpaired) electrons. The maximum Gasteiger partial charge on any atom is 0.234 e. The Bertz CT molecular complexity index is 805. The number of nitrogens with zero attached hydrogens (tertiary/aromatic N) is 5. The van der Waals surface area contributed by atoms with Crippen molar-refractivity contribution in [3.63, 3.8) is 0 Å². The molecule has 0 unspecified atom stereocenters. The fourth-order valence-corrected chi connectivity index (χ4v) is 2.46. The van der Waals surface area contributed by atoms with Crippen molar-refractivity contribution in [2.75, 3.05) is 13.6 Å².